The predicted molar refractivity (Wildman–Crippen MR) is 378 cm³/mol. The maximum atomic E-state index is 11.5. The number of H-pyrrole nitrogens is 2. The van der Waals surface area contributed by atoms with Crippen LogP contribution in [0.3, 0.4) is 0 Å². The summed E-state index contributed by atoms with van der Waals surface area (Å²) in [6, 6.07) is 45.9. The second-order valence-corrected chi connectivity index (χ2v) is 26.8. The molecule has 0 radical (unpaired) electrons. The molecule has 0 atom stereocenters. The number of halogens is 6. The lowest BCUT2D eigenvalue weighted by Gasteiger charge is -2.19. The molecule has 0 aliphatic carbocycles. The van der Waals surface area contributed by atoms with Gasteiger partial charge >= 0.3 is 43.9 Å². The van der Waals surface area contributed by atoms with Crippen molar-refractivity contribution in [2.45, 2.75) is 120 Å². The monoisotopic (exact) mass is 1520 g/mol. The number of nitrogens with zero attached hydrogens (tertiary/aromatic N) is 6. The van der Waals surface area contributed by atoms with Crippen LogP contribution in [0.4, 0.5) is 19.2 Å². The van der Waals surface area contributed by atoms with E-state index in [1.54, 1.807) is 127 Å². The van der Waals surface area contributed by atoms with Crippen molar-refractivity contribution in [3.8, 4) is 34.9 Å². The van der Waals surface area contributed by atoms with Gasteiger partial charge in [0.2, 0.25) is 0 Å². The lowest BCUT2D eigenvalue weighted by Crippen LogP contribution is -2.47. The Kier molecular flexibility index (Phi) is 40.3. The van der Waals surface area contributed by atoms with Crippen molar-refractivity contribution in [2.24, 2.45) is 22.5 Å². The Morgan fingerprint density at radius 2 is 0.851 bits per heavy atom. The summed E-state index contributed by atoms with van der Waals surface area (Å²) in [6.07, 6.45) is 0.720. The summed E-state index contributed by atoms with van der Waals surface area (Å²) in [7, 11) is 0. The van der Waals surface area contributed by atoms with Gasteiger partial charge < -0.3 is 67.3 Å². The maximum Gasteiger partial charge on any atom is 0.515 e. The molecule has 0 fully saturated rings. The molecule has 0 spiro atoms. The Morgan fingerprint density at radius 3 is 1.10 bits per heavy atom. The van der Waals surface area contributed by atoms with Gasteiger partial charge in [0, 0.05) is 60.8 Å². The molecule has 544 valence electrons. The molecule has 16 N–H and O–H groups in total. The van der Waals surface area contributed by atoms with E-state index in [0.717, 1.165) is 45.5 Å². The zero-order valence-electron chi connectivity index (χ0n) is 56.1. The predicted octanol–water partition coefficient (Wildman–Crippen LogP) is 11.4. The molecular formula is C65H78Cl6N15O15+. The van der Waals surface area contributed by atoms with Crippen LogP contribution in [0.1, 0.15) is 107 Å². The van der Waals surface area contributed by atoms with Gasteiger partial charge in [-0.2, -0.15) is 10.5 Å². The zero-order valence-corrected chi connectivity index (χ0v) is 60.6. The average molecular weight is 1520 g/mol. The smallest absolute Gasteiger partial charge is 0.444 e. The maximum absolute atomic E-state index is 11.5. The number of alkyl halides is 6. The Hall–Kier alpha value is -9.96. The van der Waals surface area contributed by atoms with E-state index in [9.17, 15) is 28.8 Å². The standard InChI is InChI=1S/C14H17N3O4.C13H19N3O3.C13H16N2O2.C9H9N3O2.C8H8N2.C5H5N.C3Cl6O3.H3NO/c1-14(2,3)20-12(18)15-8-9-4-6-10(7-5-9)11-16-13(19)21-17-11;1-13(2,3)19-12(17)15-8-9-4-6-10(7-5-9)11(14)16-18;1-13(2,3)17-12(16)15-9-11-6-4-10(8-14)5-7-11;10-5-6-1-3-7(4-2-6)8-11-9(13)14-12-8;9-5-7-1-2-8(6-10)4-3-7;1-2-4-6-5-3-1;4-2(5,6)11-1(10)12-3(7,8)9;1-2/h4-7H,8H2,1-3H3,(H,15,18)(H,16,17,19);4-7,18H,8H2,1-3H3,(H2,14,16)(H,15,17);4-7H,9H2,1-3H3,(H,15,16);1-4H,5,10H2,(H,11,12,13);1-4H,5,9H2;1-5H;;2H,1H2/p+1. The number of quaternary nitrogens is 1. The first-order valence-electron chi connectivity index (χ1n) is 29.2. The molecule has 0 saturated carbocycles. The number of amides is 3. The number of benzene rings is 5. The number of aromatic amines is 2. The summed E-state index contributed by atoms with van der Waals surface area (Å²) in [4.78, 5) is 75.2. The quantitative estimate of drug-likeness (QED) is 0.0109. The molecule has 0 aliphatic heterocycles. The first kappa shape index (κ1) is 89.1. The van der Waals surface area contributed by atoms with Gasteiger partial charge in [0.25, 0.3) is 0 Å². The van der Waals surface area contributed by atoms with Crippen LogP contribution < -0.4 is 50.6 Å². The van der Waals surface area contributed by atoms with Gasteiger partial charge in [0.1, 0.15) is 16.8 Å². The number of pyridine rings is 1. The average Bonchev–Trinajstić information content (AvgIpc) is 1.79. The number of alkyl carbamates (subject to hydrolysis) is 3. The number of aromatic nitrogens is 5. The highest BCUT2D eigenvalue weighted by atomic mass is 35.6. The Balaban J connectivity index is 0.000000600. The number of oxime groups is 1. The second-order valence-electron chi connectivity index (χ2n) is 22.5. The Bertz CT molecular complexity index is 3910. The highest BCUT2D eigenvalue weighted by molar-refractivity contribution is 6.67. The summed E-state index contributed by atoms with van der Waals surface area (Å²) in [6.45, 7) is 18.6. The first-order valence-corrected chi connectivity index (χ1v) is 31.5. The Morgan fingerprint density at radius 1 is 0.535 bits per heavy atom. The molecule has 0 bridgehead atoms. The molecule has 36 heteroatoms. The lowest BCUT2D eigenvalue weighted by molar-refractivity contribution is -0.386. The Labute approximate surface area is 610 Å². The van der Waals surface area contributed by atoms with Crippen LogP contribution in [0.5, 0.6) is 0 Å². The van der Waals surface area contributed by atoms with Crippen molar-refractivity contribution in [2.75, 3.05) is 0 Å². The van der Waals surface area contributed by atoms with Crippen molar-refractivity contribution in [1.29, 1.82) is 10.5 Å². The molecule has 101 heavy (non-hydrogen) atoms. The largest absolute Gasteiger partial charge is 0.515 e. The normalized spacial score (nSPS) is 10.7. The lowest BCUT2D eigenvalue weighted by atomic mass is 10.1. The number of carbonyl (C=O) groups excluding carboxylic acids is 4. The highest BCUT2D eigenvalue weighted by Crippen LogP contribution is 2.32. The third-order valence-corrected chi connectivity index (χ3v) is 11.3. The van der Waals surface area contributed by atoms with Crippen molar-refractivity contribution in [3.63, 3.8) is 0 Å². The fraction of sp³-hybridized carbons (Fsp3) is 0.292. The summed E-state index contributed by atoms with van der Waals surface area (Å²) in [5, 5.41) is 50.1. The molecule has 0 aliphatic rings. The van der Waals surface area contributed by atoms with Crippen molar-refractivity contribution < 1.29 is 68.1 Å². The molecule has 3 amide bonds. The number of carbonyl (C=O) groups is 4. The van der Waals surface area contributed by atoms with Crippen LogP contribution in [-0.2, 0) is 56.4 Å². The van der Waals surface area contributed by atoms with E-state index in [1.807, 2.05) is 99.6 Å². The van der Waals surface area contributed by atoms with Crippen LogP contribution in [0, 0.1) is 22.7 Å². The van der Waals surface area contributed by atoms with Crippen LogP contribution >= 0.6 is 69.6 Å². The summed E-state index contributed by atoms with van der Waals surface area (Å²) in [5.74, 6) is 3.23. The number of nitrogens with one attached hydrogen (secondary N) is 5. The van der Waals surface area contributed by atoms with Crippen molar-refractivity contribution in [1.82, 2.24) is 41.2 Å². The molecule has 8 rings (SSSR count). The third-order valence-electron chi connectivity index (χ3n) is 10.9. The van der Waals surface area contributed by atoms with Gasteiger partial charge in [-0.05, 0) is 191 Å². The summed E-state index contributed by atoms with van der Waals surface area (Å²) < 4.78 is 27.7. The minimum Gasteiger partial charge on any atom is -0.444 e. The molecule has 5 aromatic carbocycles. The van der Waals surface area contributed by atoms with E-state index in [1.165, 1.54) is 0 Å². The molecule has 3 heterocycles. The third kappa shape index (κ3) is 43.9. The number of rotatable bonds is 11. The molecule has 8 aromatic rings. The number of nitriles is 2. The van der Waals surface area contributed by atoms with E-state index < -0.39 is 60.7 Å². The fourth-order valence-corrected chi connectivity index (χ4v) is 6.95. The van der Waals surface area contributed by atoms with E-state index in [0.29, 0.717) is 54.5 Å². The zero-order chi connectivity index (χ0) is 76.4. The van der Waals surface area contributed by atoms with E-state index >= 15 is 0 Å². The van der Waals surface area contributed by atoms with Gasteiger partial charge in [0.05, 0.1) is 29.8 Å². The molecule has 0 saturated heterocycles. The molecule has 3 aromatic heterocycles. The van der Waals surface area contributed by atoms with Crippen LogP contribution in [0.15, 0.2) is 176 Å². The van der Waals surface area contributed by atoms with E-state index in [2.05, 4.69) is 76.5 Å². The topological polar surface area (TPSA) is 487 Å². The van der Waals surface area contributed by atoms with Gasteiger partial charge in [-0.3, -0.25) is 24.0 Å². The SMILES string of the molecule is CC(C)(C)OC(=O)NCc1ccc(-c2noc(=O)[nH]2)cc1.CC(C)(C)OC(=O)NCc1ccc(/C(N)=N/O)cc1.CC(C)(C)OC(=O)NCc1ccc(C#N)cc1.N#Cc1ccc(CN)cc1.NO.O=C(OC(Cl)(Cl)Cl)OC(Cl)(Cl)Cl.[NH3+]Cc1ccc(-c2noc(=O)[nH]2)cc1.c1ccncc1. The van der Waals surface area contributed by atoms with Crippen LogP contribution in [0.25, 0.3) is 22.8 Å². The summed E-state index contributed by atoms with van der Waals surface area (Å²) in [5.41, 5.74) is 21.4. The summed E-state index contributed by atoms with van der Waals surface area (Å²) >= 11 is 30.2. The van der Waals surface area contributed by atoms with Gasteiger partial charge in [0.15, 0.2) is 17.5 Å². The van der Waals surface area contributed by atoms with Crippen LogP contribution in [0.2, 0.25) is 0 Å². The van der Waals surface area contributed by atoms with Gasteiger partial charge in [-0.15, -0.1) is 0 Å². The van der Waals surface area contributed by atoms with E-state index in [-0.39, 0.29) is 5.84 Å². The minimum absolute atomic E-state index is 0.0478. The fourth-order valence-electron chi connectivity index (χ4n) is 6.57. The highest BCUT2D eigenvalue weighted by Gasteiger charge is 2.32. The van der Waals surface area contributed by atoms with Crippen LogP contribution in [-0.4, -0.2) is 90.7 Å². The number of nitrogens with two attached hydrogens (primary N) is 3. The molecular weight excluding hydrogens is 1440 g/mol. The molecule has 0 unspecified atom stereocenters. The van der Waals surface area contributed by atoms with Gasteiger partial charge in [-0.1, -0.05) is 119 Å². The number of hydrogen-bond acceptors (Lipinski definition) is 23. The number of hydrogen-bond donors (Lipinski definition) is 11. The molecule has 30 nitrogen and oxygen atoms in total. The van der Waals surface area contributed by atoms with E-state index in [4.69, 9.17) is 116 Å². The number of ether oxygens (including phenoxy) is 5. The van der Waals surface area contributed by atoms with Gasteiger partial charge in [-0.25, -0.2) is 34.7 Å². The minimum atomic E-state index is -2.24. The number of amidine groups is 1. The second kappa shape index (κ2) is 45.7. The van der Waals surface area contributed by atoms with Crippen molar-refractivity contribution in [3.05, 3.63) is 218 Å². The van der Waals surface area contributed by atoms with Crippen molar-refractivity contribution >= 4 is 99.9 Å². The first-order chi connectivity index (χ1) is 47.3.